The van der Waals surface area contributed by atoms with E-state index in [1.54, 1.807) is 24.3 Å². The van der Waals surface area contributed by atoms with Gasteiger partial charge in [0.2, 0.25) is 0 Å². The largest absolute Gasteiger partial charge is 0.462 e. The molecule has 0 radical (unpaired) electrons. The minimum atomic E-state index is -0.366. The lowest BCUT2D eigenvalue weighted by atomic mass is 10.0. The smallest absolute Gasteiger partial charge is 0.338 e. The molecule has 0 aliphatic heterocycles. The molecular formula is C20H30O4. The molecule has 0 saturated heterocycles. The Bertz CT molecular complexity index is 505. The molecule has 0 heterocycles. The molecule has 0 aliphatic rings. The van der Waals surface area contributed by atoms with E-state index in [4.69, 9.17) is 9.47 Å². The normalized spacial score (nSPS) is 12.0. The molecule has 0 amide bonds. The number of benzene rings is 1. The predicted molar refractivity (Wildman–Crippen MR) is 95.2 cm³/mol. The summed E-state index contributed by atoms with van der Waals surface area (Å²) in [6.45, 7) is 9.08. The molecule has 1 aromatic rings. The summed E-state index contributed by atoms with van der Waals surface area (Å²) in [7, 11) is 0. The number of ether oxygens (including phenoxy) is 2. The van der Waals surface area contributed by atoms with E-state index in [0.717, 1.165) is 25.7 Å². The zero-order valence-corrected chi connectivity index (χ0v) is 15.3. The van der Waals surface area contributed by atoms with Crippen LogP contribution in [0.5, 0.6) is 0 Å². The van der Waals surface area contributed by atoms with Crippen LogP contribution in [0.1, 0.15) is 74.1 Å². The van der Waals surface area contributed by atoms with Crippen molar-refractivity contribution in [3.63, 3.8) is 0 Å². The van der Waals surface area contributed by atoms with E-state index in [9.17, 15) is 9.59 Å². The maximum atomic E-state index is 12.1. The molecule has 0 spiro atoms. The van der Waals surface area contributed by atoms with Gasteiger partial charge in [0.25, 0.3) is 0 Å². The summed E-state index contributed by atoms with van der Waals surface area (Å²) < 4.78 is 10.6. The molecule has 0 saturated carbocycles. The van der Waals surface area contributed by atoms with E-state index in [1.165, 1.54) is 0 Å². The summed E-state index contributed by atoms with van der Waals surface area (Å²) in [5.41, 5.74) is 0.905. The van der Waals surface area contributed by atoms with E-state index >= 15 is 0 Å². The highest BCUT2D eigenvalue weighted by Crippen LogP contribution is 2.14. The van der Waals surface area contributed by atoms with Crippen LogP contribution in [0.15, 0.2) is 24.3 Å². The topological polar surface area (TPSA) is 52.6 Å². The Morgan fingerprint density at radius 2 is 1.42 bits per heavy atom. The second kappa shape index (κ2) is 10.8. The number of rotatable bonds is 10. The Morgan fingerprint density at radius 1 is 0.917 bits per heavy atom. The van der Waals surface area contributed by atoms with E-state index in [0.29, 0.717) is 36.2 Å². The molecule has 0 aromatic heterocycles. The van der Waals surface area contributed by atoms with Crippen LogP contribution in [0.3, 0.4) is 0 Å². The fourth-order valence-corrected chi connectivity index (χ4v) is 2.24. The Kier molecular flexibility index (Phi) is 9.13. The second-order valence-corrected chi connectivity index (χ2v) is 6.58. The zero-order valence-electron chi connectivity index (χ0n) is 15.3. The maximum Gasteiger partial charge on any atom is 0.338 e. The molecule has 1 rings (SSSR count). The fourth-order valence-electron chi connectivity index (χ4n) is 2.24. The first-order valence-corrected chi connectivity index (χ1v) is 8.92. The van der Waals surface area contributed by atoms with Crippen molar-refractivity contribution in [2.24, 2.45) is 11.8 Å². The molecule has 4 heteroatoms. The Morgan fingerprint density at radius 3 is 1.83 bits per heavy atom. The van der Waals surface area contributed by atoms with Crippen molar-refractivity contribution in [3.8, 4) is 0 Å². The van der Waals surface area contributed by atoms with E-state index in [2.05, 4.69) is 13.8 Å². The minimum Gasteiger partial charge on any atom is -0.462 e. The average Bonchev–Trinajstić information content (AvgIpc) is 2.59. The van der Waals surface area contributed by atoms with Gasteiger partial charge in [-0.05, 0) is 42.5 Å². The van der Waals surface area contributed by atoms with Crippen molar-refractivity contribution >= 4 is 11.9 Å². The van der Waals surface area contributed by atoms with Crippen LogP contribution in [0.2, 0.25) is 0 Å². The summed E-state index contributed by atoms with van der Waals surface area (Å²) in [6, 6.07) is 6.43. The van der Waals surface area contributed by atoms with Crippen molar-refractivity contribution in [3.05, 3.63) is 35.4 Å². The highest BCUT2D eigenvalue weighted by molar-refractivity contribution is 5.93. The number of carbonyl (C=O) groups is 2. The van der Waals surface area contributed by atoms with Gasteiger partial charge in [-0.15, -0.1) is 0 Å². The lowest BCUT2D eigenvalue weighted by Gasteiger charge is -2.14. The van der Waals surface area contributed by atoms with Gasteiger partial charge >= 0.3 is 11.9 Å². The fraction of sp³-hybridized carbons (Fsp3) is 0.600. The molecule has 1 unspecified atom stereocenters. The standard InChI is InChI=1S/C20H30O4/c1-5-7-8-16(6-2)14-24-20(22)18-11-9-17(10-12-18)19(21)23-13-15(3)4/h9-12,15-16H,5-8,13-14H2,1-4H3. The van der Waals surface area contributed by atoms with Gasteiger partial charge in [0, 0.05) is 0 Å². The van der Waals surface area contributed by atoms with Crippen LogP contribution >= 0.6 is 0 Å². The monoisotopic (exact) mass is 334 g/mol. The maximum absolute atomic E-state index is 12.1. The molecule has 24 heavy (non-hydrogen) atoms. The Hall–Kier alpha value is -1.84. The lowest BCUT2D eigenvalue weighted by Crippen LogP contribution is -2.14. The van der Waals surface area contributed by atoms with Crippen molar-refractivity contribution in [2.45, 2.75) is 53.4 Å². The van der Waals surface area contributed by atoms with Crippen molar-refractivity contribution in [1.82, 2.24) is 0 Å². The minimum absolute atomic E-state index is 0.294. The molecule has 4 nitrogen and oxygen atoms in total. The van der Waals surface area contributed by atoms with Crippen LogP contribution in [0.4, 0.5) is 0 Å². The zero-order chi connectivity index (χ0) is 17.9. The van der Waals surface area contributed by atoms with Gasteiger partial charge in [-0.2, -0.15) is 0 Å². The third kappa shape index (κ3) is 7.16. The molecule has 1 aromatic carbocycles. The summed E-state index contributed by atoms with van der Waals surface area (Å²) in [5, 5.41) is 0. The number of hydrogen-bond acceptors (Lipinski definition) is 4. The molecule has 134 valence electrons. The lowest BCUT2D eigenvalue weighted by molar-refractivity contribution is 0.0423. The van der Waals surface area contributed by atoms with Gasteiger partial charge in [-0.3, -0.25) is 0 Å². The number of hydrogen-bond donors (Lipinski definition) is 0. The van der Waals surface area contributed by atoms with Crippen molar-refractivity contribution in [1.29, 1.82) is 0 Å². The quantitative estimate of drug-likeness (QED) is 0.573. The molecule has 0 N–H and O–H groups in total. The first-order valence-electron chi connectivity index (χ1n) is 8.92. The van der Waals surface area contributed by atoms with Gasteiger partial charge in [0.1, 0.15) is 0 Å². The van der Waals surface area contributed by atoms with Gasteiger partial charge in [-0.25, -0.2) is 9.59 Å². The molecular weight excluding hydrogens is 304 g/mol. The van der Waals surface area contributed by atoms with Gasteiger partial charge in [-0.1, -0.05) is 47.0 Å². The molecule has 0 aliphatic carbocycles. The number of esters is 2. The third-order valence-corrected chi connectivity index (χ3v) is 3.90. The molecule has 0 bridgehead atoms. The van der Waals surface area contributed by atoms with Crippen LogP contribution in [0, 0.1) is 11.8 Å². The summed E-state index contributed by atoms with van der Waals surface area (Å²) in [6.07, 6.45) is 4.40. The van der Waals surface area contributed by atoms with Crippen LogP contribution in [-0.4, -0.2) is 25.2 Å². The van der Waals surface area contributed by atoms with Crippen LogP contribution in [-0.2, 0) is 9.47 Å². The Balaban J connectivity index is 2.52. The van der Waals surface area contributed by atoms with E-state index in [-0.39, 0.29) is 11.9 Å². The summed E-state index contributed by atoms with van der Waals surface area (Å²) in [4.78, 5) is 23.9. The Labute approximate surface area is 145 Å². The van der Waals surface area contributed by atoms with Crippen molar-refractivity contribution < 1.29 is 19.1 Å². The van der Waals surface area contributed by atoms with E-state index in [1.807, 2.05) is 13.8 Å². The van der Waals surface area contributed by atoms with Gasteiger partial charge in [0.15, 0.2) is 0 Å². The van der Waals surface area contributed by atoms with Crippen LogP contribution < -0.4 is 0 Å². The summed E-state index contributed by atoms with van der Waals surface area (Å²) >= 11 is 0. The summed E-state index contributed by atoms with van der Waals surface area (Å²) in [5.74, 6) is 0.00267. The molecule has 1 atom stereocenters. The predicted octanol–water partition coefficient (Wildman–Crippen LogP) is 4.87. The first kappa shape index (κ1) is 20.2. The molecule has 0 fully saturated rings. The first-order chi connectivity index (χ1) is 11.5. The highest BCUT2D eigenvalue weighted by Gasteiger charge is 2.13. The van der Waals surface area contributed by atoms with Gasteiger partial charge < -0.3 is 9.47 Å². The van der Waals surface area contributed by atoms with Gasteiger partial charge in [0.05, 0.1) is 24.3 Å². The van der Waals surface area contributed by atoms with Crippen molar-refractivity contribution in [2.75, 3.05) is 13.2 Å². The second-order valence-electron chi connectivity index (χ2n) is 6.58. The average molecular weight is 334 g/mol. The van der Waals surface area contributed by atoms with E-state index < -0.39 is 0 Å². The third-order valence-electron chi connectivity index (χ3n) is 3.90. The number of unbranched alkanes of at least 4 members (excludes halogenated alkanes) is 1. The highest BCUT2D eigenvalue weighted by atomic mass is 16.5. The van der Waals surface area contributed by atoms with Crippen LogP contribution in [0.25, 0.3) is 0 Å². The SMILES string of the molecule is CCCCC(CC)COC(=O)c1ccc(C(=O)OCC(C)C)cc1. The number of carbonyl (C=O) groups excluding carboxylic acids is 2.